The standard InChI is InChI=1S/C32H28Cl2FN3O.C31H30Cl2N4O2.C29H26Cl2N4O2/c33-23-14-17-29(27(34)19-23)38-31-22(18-20-12-15-24(35)16-13-20)7-2-4-10-26(31)30(37-38)32(39)36-28-11-5-8-21-6-1-3-9-25(21)28;1-31(2,27-10-6-7-17-34-27)35-30(38)28-24-9-5-4-8-21(18-20-11-14-23(39-3)15-12-20)29(24)37(36-28)26-16-13-22(32)19-25(26)33;1-37-23-12-9-19(10-13-23)16-20-6-2-3-8-24-27(29(36)33-18-22-7-4-5-15-32-22)34-35(28(20)24)26-14-11-21(30)17-25(26)31/h1,3,6,9,12-19,28H,2,4-5,7-8,10-11H2,(H,36,39);6-7,10-19H,4-5,8-9H2,1-3H3,(H,35,38);4-5,7,9-17H,2-3,6,8,18H2,1H3,(H,33,36)/b22-18+;21-18+;20-16+/t28-;;/m1../s1. The lowest BCUT2D eigenvalue weighted by atomic mass is 9.87. The predicted molar refractivity (Wildman–Crippen MR) is 459 cm³/mol. The minimum Gasteiger partial charge on any atom is -0.497 e. The topological polar surface area (TPSA) is 185 Å². The van der Waals surface area contributed by atoms with Gasteiger partial charge in [-0.15, -0.1) is 0 Å². The molecule has 115 heavy (non-hydrogen) atoms. The molecule has 5 aromatic heterocycles. The van der Waals surface area contributed by atoms with Gasteiger partial charge in [0.25, 0.3) is 17.7 Å². The third-order valence-corrected chi connectivity index (χ3v) is 22.6. The highest BCUT2D eigenvalue weighted by Gasteiger charge is 2.35. The number of hydrogen-bond donors (Lipinski definition) is 3. The van der Waals surface area contributed by atoms with Crippen molar-refractivity contribution < 1.29 is 28.2 Å². The Balaban J connectivity index is 0.000000143. The number of carbonyl (C=O) groups excluding carboxylic acids is 3. The van der Waals surface area contributed by atoms with E-state index in [-0.39, 0.29) is 29.6 Å². The Morgan fingerprint density at radius 1 is 0.470 bits per heavy atom. The van der Waals surface area contributed by atoms with Crippen LogP contribution in [0.15, 0.2) is 200 Å². The molecular weight excluding hydrogens is 1570 g/mol. The first-order chi connectivity index (χ1) is 55.8. The van der Waals surface area contributed by atoms with Gasteiger partial charge in [-0.1, -0.05) is 142 Å². The number of fused-ring (bicyclic) bond motifs is 4. The fraction of sp³-hybridized carbons (Fsp3) is 0.239. The van der Waals surface area contributed by atoms with Crippen molar-refractivity contribution in [2.24, 2.45) is 0 Å². The minimum absolute atomic E-state index is 0.0534. The molecule has 16 rings (SSSR count). The fourth-order valence-electron chi connectivity index (χ4n) is 15.3. The molecule has 0 radical (unpaired) electrons. The summed E-state index contributed by atoms with van der Waals surface area (Å²) in [5.74, 6) is 0.646. The third-order valence-electron chi connectivity index (χ3n) is 21.0. The van der Waals surface area contributed by atoms with Crippen LogP contribution in [-0.2, 0) is 37.8 Å². The monoisotopic (exact) mass is 1650 g/mol. The van der Waals surface area contributed by atoms with Crippen LogP contribution in [0.5, 0.6) is 11.5 Å². The number of nitrogens with one attached hydrogen (secondary N) is 3. The molecule has 12 aromatic rings. The lowest BCUT2D eigenvalue weighted by Gasteiger charge is -2.26. The van der Waals surface area contributed by atoms with Gasteiger partial charge in [0.1, 0.15) is 17.3 Å². The molecular formula is C92H84Cl6FN11O5. The van der Waals surface area contributed by atoms with Gasteiger partial charge in [-0.2, -0.15) is 15.3 Å². The molecule has 0 bridgehead atoms. The SMILES string of the molecule is COc1ccc(/C=C2\CCCCc3c(C(=O)NC(C)(C)c4ccccn4)nn(-c4ccc(Cl)cc4Cl)c32)cc1.COc1ccc(/C=C2\CCCCc3c(C(=O)NCc4ccccn4)nn(-c4ccc(Cl)cc4Cl)c32)cc1.O=C(N[C@@H]1CCCc2ccccc21)c1nn(-c2ccc(Cl)cc2Cl)c2c1CCCC/C2=C\c1ccc(F)cc1. The minimum atomic E-state index is -0.695. The van der Waals surface area contributed by atoms with Crippen LogP contribution in [-0.4, -0.2) is 71.3 Å². The number of carbonyl (C=O) groups is 3. The molecule has 0 fully saturated rings. The average Bonchev–Trinajstić information content (AvgIpc) is 1.62. The Morgan fingerprint density at radius 3 is 1.32 bits per heavy atom. The molecule has 7 aromatic carbocycles. The van der Waals surface area contributed by atoms with Crippen molar-refractivity contribution in [2.45, 2.75) is 128 Å². The van der Waals surface area contributed by atoms with E-state index in [4.69, 9.17) is 94.4 Å². The van der Waals surface area contributed by atoms with E-state index in [0.717, 1.165) is 186 Å². The van der Waals surface area contributed by atoms with Gasteiger partial charge in [-0.3, -0.25) is 24.4 Å². The zero-order valence-electron chi connectivity index (χ0n) is 63.9. The van der Waals surface area contributed by atoms with Crippen LogP contribution < -0.4 is 25.4 Å². The van der Waals surface area contributed by atoms with Crippen molar-refractivity contribution in [1.29, 1.82) is 0 Å². The number of pyridine rings is 2. The summed E-state index contributed by atoms with van der Waals surface area (Å²) in [6.07, 6.45) is 23.2. The highest BCUT2D eigenvalue weighted by molar-refractivity contribution is 6.37. The van der Waals surface area contributed by atoms with E-state index in [9.17, 15) is 18.8 Å². The van der Waals surface area contributed by atoms with Crippen molar-refractivity contribution in [3.63, 3.8) is 0 Å². The Kier molecular flexibility index (Phi) is 26.0. The molecule has 4 aliphatic rings. The van der Waals surface area contributed by atoms with Crippen LogP contribution in [0.4, 0.5) is 4.39 Å². The molecule has 3 amide bonds. The summed E-state index contributed by atoms with van der Waals surface area (Å²) >= 11 is 38.6. The third kappa shape index (κ3) is 19.0. The van der Waals surface area contributed by atoms with Crippen molar-refractivity contribution in [2.75, 3.05) is 14.2 Å². The lowest BCUT2D eigenvalue weighted by Crippen LogP contribution is -2.42. The summed E-state index contributed by atoms with van der Waals surface area (Å²) in [5, 5.41) is 27.0. The quantitative estimate of drug-likeness (QED) is 0.0787. The zero-order chi connectivity index (χ0) is 80.3. The normalized spacial score (nSPS) is 15.5. The molecule has 0 saturated carbocycles. The number of hydrogen-bond acceptors (Lipinski definition) is 10. The van der Waals surface area contributed by atoms with Gasteiger partial charge < -0.3 is 25.4 Å². The van der Waals surface area contributed by atoms with E-state index in [0.29, 0.717) is 70.8 Å². The molecule has 16 nitrogen and oxygen atoms in total. The molecule has 1 atom stereocenters. The van der Waals surface area contributed by atoms with Gasteiger partial charge in [-0.25, -0.2) is 18.4 Å². The van der Waals surface area contributed by atoms with Crippen LogP contribution in [0.1, 0.15) is 195 Å². The summed E-state index contributed by atoms with van der Waals surface area (Å²) < 4.78 is 29.6. The van der Waals surface area contributed by atoms with Crippen LogP contribution in [0, 0.1) is 5.82 Å². The largest absolute Gasteiger partial charge is 0.497 e. The molecule has 0 spiro atoms. The predicted octanol–water partition coefficient (Wildman–Crippen LogP) is 22.7. The van der Waals surface area contributed by atoms with Gasteiger partial charge in [0, 0.05) is 44.2 Å². The molecule has 3 N–H and O–H groups in total. The van der Waals surface area contributed by atoms with Gasteiger partial charge in [-0.05, 0) is 288 Å². The van der Waals surface area contributed by atoms with Crippen molar-refractivity contribution in [3.05, 3.63) is 326 Å². The second kappa shape index (κ2) is 36.9. The fourth-order valence-corrected chi connectivity index (χ4v) is 16.8. The lowest BCUT2D eigenvalue weighted by molar-refractivity contribution is 0.0900. The van der Waals surface area contributed by atoms with E-state index >= 15 is 0 Å². The Bertz CT molecular complexity index is 5650. The van der Waals surface area contributed by atoms with Gasteiger partial charge in [0.15, 0.2) is 17.1 Å². The molecule has 0 unspecified atom stereocenters. The Hall–Kier alpha value is -10.6. The Morgan fingerprint density at radius 2 is 0.887 bits per heavy atom. The zero-order valence-corrected chi connectivity index (χ0v) is 68.5. The summed E-state index contributed by atoms with van der Waals surface area (Å²) in [6.45, 7) is 4.19. The molecule has 23 heteroatoms. The highest BCUT2D eigenvalue weighted by atomic mass is 35.5. The molecule has 0 aliphatic heterocycles. The van der Waals surface area contributed by atoms with Crippen LogP contribution in [0.3, 0.4) is 0 Å². The molecule has 0 saturated heterocycles. The second-order valence-corrected chi connectivity index (χ2v) is 31.7. The van der Waals surface area contributed by atoms with E-state index in [1.165, 1.54) is 23.3 Å². The van der Waals surface area contributed by atoms with E-state index in [1.807, 2.05) is 123 Å². The van der Waals surface area contributed by atoms with Gasteiger partial charge in [0.05, 0.1) is 92.9 Å². The number of nitrogens with zero attached hydrogens (tertiary/aromatic N) is 8. The summed E-state index contributed by atoms with van der Waals surface area (Å²) in [7, 11) is 3.31. The molecule has 586 valence electrons. The van der Waals surface area contributed by atoms with Crippen LogP contribution in [0.25, 0.3) is 52.0 Å². The first-order valence-corrected chi connectivity index (χ1v) is 40.7. The second-order valence-electron chi connectivity index (χ2n) is 29.2. The number of amides is 3. The maximum absolute atomic E-state index is 13.9. The van der Waals surface area contributed by atoms with Crippen LogP contribution in [0.2, 0.25) is 30.1 Å². The highest BCUT2D eigenvalue weighted by Crippen LogP contribution is 2.42. The van der Waals surface area contributed by atoms with Crippen molar-refractivity contribution in [3.8, 4) is 28.6 Å². The number of ether oxygens (including phenoxy) is 2. The maximum atomic E-state index is 13.9. The number of rotatable bonds is 16. The number of aromatic nitrogens is 8. The van der Waals surface area contributed by atoms with E-state index in [2.05, 4.69) is 62.3 Å². The van der Waals surface area contributed by atoms with Gasteiger partial charge in [0.2, 0.25) is 0 Å². The van der Waals surface area contributed by atoms with Gasteiger partial charge >= 0.3 is 0 Å². The van der Waals surface area contributed by atoms with E-state index in [1.54, 1.807) is 89.2 Å². The van der Waals surface area contributed by atoms with Crippen LogP contribution >= 0.6 is 69.6 Å². The van der Waals surface area contributed by atoms with Crippen molar-refractivity contribution >= 4 is 122 Å². The summed E-state index contributed by atoms with van der Waals surface area (Å²) in [5.41, 5.74) is 18.1. The maximum Gasteiger partial charge on any atom is 0.272 e. The number of aryl methyl sites for hydroxylation is 1. The first-order valence-electron chi connectivity index (χ1n) is 38.5. The number of halogens is 7. The smallest absolute Gasteiger partial charge is 0.272 e. The molecule has 4 aliphatic carbocycles. The summed E-state index contributed by atoms with van der Waals surface area (Å²) in [4.78, 5) is 49.9. The number of benzene rings is 7. The Labute approximate surface area is 698 Å². The van der Waals surface area contributed by atoms with E-state index < -0.39 is 5.54 Å². The number of allylic oxidation sites excluding steroid dienone is 3. The number of methoxy groups -OCH3 is 2. The van der Waals surface area contributed by atoms with Crippen molar-refractivity contribution in [1.82, 2.24) is 55.3 Å². The summed E-state index contributed by atoms with van der Waals surface area (Å²) in [6, 6.07) is 57.8. The molecule has 5 heterocycles. The first kappa shape index (κ1) is 81.0. The average molecular weight is 1660 g/mol.